The van der Waals surface area contributed by atoms with Gasteiger partial charge in [0.05, 0.1) is 43.4 Å². The first kappa shape index (κ1) is 49.0. The molecule has 5 rings (SSSR count). The first-order chi connectivity index (χ1) is 30.3. The van der Waals surface area contributed by atoms with Crippen LogP contribution in [-0.2, 0) is 49.6 Å². The van der Waals surface area contributed by atoms with Crippen molar-refractivity contribution in [3.63, 3.8) is 0 Å². The van der Waals surface area contributed by atoms with Crippen LogP contribution in [0.1, 0.15) is 52.0 Å². The van der Waals surface area contributed by atoms with E-state index in [2.05, 4.69) is 42.2 Å². The summed E-state index contributed by atoms with van der Waals surface area (Å²) >= 11 is 0.952. The topological polar surface area (TPSA) is 364 Å². The summed E-state index contributed by atoms with van der Waals surface area (Å²) in [6, 6.07) is -5.00. The number of nitrogens with zero attached hydrogens (tertiary/aromatic N) is 1. The van der Waals surface area contributed by atoms with Crippen molar-refractivity contribution >= 4 is 75.8 Å². The van der Waals surface area contributed by atoms with Crippen LogP contribution in [-0.4, -0.2) is 164 Å². The van der Waals surface area contributed by atoms with Gasteiger partial charge in [0.2, 0.25) is 53.2 Å². The third-order valence-electron chi connectivity index (χ3n) is 11.7. The fraction of sp³-hybridized carbons (Fsp3) is 0.575. The van der Waals surface area contributed by atoms with Crippen LogP contribution in [0.5, 0.6) is 5.75 Å². The summed E-state index contributed by atoms with van der Waals surface area (Å²) in [6.45, 7) is 2.22. The molecule has 1 aromatic carbocycles. The molecule has 0 saturated carbocycles. The molecular formula is C40H56N10O13S. The summed E-state index contributed by atoms with van der Waals surface area (Å²) in [4.78, 5) is 128. The molecule has 23 nitrogen and oxygen atoms in total. The number of carbonyl (C=O) groups is 9. The van der Waals surface area contributed by atoms with E-state index in [9.17, 15) is 63.6 Å². The van der Waals surface area contributed by atoms with E-state index in [0.29, 0.717) is 29.3 Å². The number of hydrogen-bond acceptors (Lipinski definition) is 14. The van der Waals surface area contributed by atoms with Crippen LogP contribution in [0.4, 0.5) is 0 Å². The van der Waals surface area contributed by atoms with Crippen LogP contribution in [0.25, 0.3) is 10.9 Å². The molecule has 9 amide bonds. The number of hydrogen-bond donors (Lipinski definition) is 13. The Bertz CT molecular complexity index is 2130. The number of benzene rings is 1. The van der Waals surface area contributed by atoms with Crippen LogP contribution in [0, 0.1) is 11.8 Å². The largest absolute Gasteiger partial charge is 0.508 e. The second-order valence-electron chi connectivity index (χ2n) is 16.1. The number of H-pyrrole nitrogens is 1. The van der Waals surface area contributed by atoms with Gasteiger partial charge in [0.15, 0.2) is 0 Å². The number of aliphatic hydroxyl groups excluding tert-OH is 3. The fourth-order valence-electron chi connectivity index (χ4n) is 8.01. The standard InChI is InChI=1S/C40H56N10O13S/c1-4-18(5-2)33-37(61)43-12-30(56)44-26-16-64-39-22(21-8-19(52)6-7-23(21)47-39)10-24(34(58)42-13-31(57)48-33)45-38(62)32(17(3)28(54)15-51)49-36(60)27-9-20(53)14-50(27)40(63)25(11-29(41)55)46-35(26)59/h6-8,17-18,20,24-28,32-33,47,51-54H,4-5,9-16H2,1-3H3,(H2,41,55)(H,42,58)(H,43,61)(H,44,56)(H,45,62)(H,46,59)(H,48,57)(H,49,60)/t17-,20+,24-,25-,26-,27-,28-,32-,33-/m0/s1. The van der Waals surface area contributed by atoms with Gasteiger partial charge in [-0.3, -0.25) is 43.2 Å². The zero-order valence-electron chi connectivity index (χ0n) is 35.5. The molecule has 24 heteroatoms. The van der Waals surface area contributed by atoms with Crippen molar-refractivity contribution in [1.82, 2.24) is 47.1 Å². The maximum atomic E-state index is 14.4. The molecule has 3 aliphatic rings. The Labute approximate surface area is 371 Å². The number of fused-ring (bicyclic) bond motifs is 5. The molecule has 1 aromatic heterocycles. The van der Waals surface area contributed by atoms with Crippen molar-refractivity contribution in [2.24, 2.45) is 17.6 Å². The molecule has 3 aliphatic heterocycles. The first-order valence-corrected chi connectivity index (χ1v) is 21.9. The predicted octanol–water partition coefficient (Wildman–Crippen LogP) is -4.55. The van der Waals surface area contributed by atoms with Crippen LogP contribution < -0.4 is 43.0 Å². The lowest BCUT2D eigenvalue weighted by Crippen LogP contribution is -2.62. The van der Waals surface area contributed by atoms with Gasteiger partial charge in [0.1, 0.15) is 42.0 Å². The molecule has 9 atom stereocenters. The molecular weight excluding hydrogens is 861 g/mol. The lowest BCUT2D eigenvalue weighted by Gasteiger charge is -2.32. The minimum absolute atomic E-state index is 0.181. The summed E-state index contributed by atoms with van der Waals surface area (Å²) in [6.07, 6.45) is -3.61. The van der Waals surface area contributed by atoms with Gasteiger partial charge in [-0.15, -0.1) is 11.8 Å². The zero-order chi connectivity index (χ0) is 47.0. The molecule has 64 heavy (non-hydrogen) atoms. The Morgan fingerprint density at radius 3 is 2.19 bits per heavy atom. The van der Waals surface area contributed by atoms with Crippen molar-refractivity contribution in [2.75, 3.05) is 32.0 Å². The van der Waals surface area contributed by atoms with E-state index in [-0.39, 0.29) is 29.4 Å². The van der Waals surface area contributed by atoms with Crippen LogP contribution >= 0.6 is 11.8 Å². The van der Waals surface area contributed by atoms with E-state index in [0.717, 1.165) is 16.7 Å². The molecule has 0 aliphatic carbocycles. The van der Waals surface area contributed by atoms with Crippen LogP contribution in [0.3, 0.4) is 0 Å². The number of nitrogens with two attached hydrogens (primary N) is 1. The van der Waals surface area contributed by atoms with Gasteiger partial charge in [0, 0.05) is 42.0 Å². The lowest BCUT2D eigenvalue weighted by atomic mass is 9.93. The highest BCUT2D eigenvalue weighted by Gasteiger charge is 2.45. The fourth-order valence-corrected chi connectivity index (χ4v) is 9.13. The molecule has 350 valence electrons. The van der Waals surface area contributed by atoms with Gasteiger partial charge in [0.25, 0.3) is 0 Å². The summed E-state index contributed by atoms with van der Waals surface area (Å²) in [5.41, 5.74) is 6.24. The summed E-state index contributed by atoms with van der Waals surface area (Å²) in [5, 5.41) is 60.2. The maximum Gasteiger partial charge on any atom is 0.246 e. The number of amides is 9. The van der Waals surface area contributed by atoms with Gasteiger partial charge in [-0.1, -0.05) is 33.6 Å². The van der Waals surface area contributed by atoms with Gasteiger partial charge in [-0.05, 0) is 29.7 Å². The Morgan fingerprint density at radius 1 is 0.859 bits per heavy atom. The number of thioether (sulfide) groups is 1. The molecule has 14 N–H and O–H groups in total. The maximum absolute atomic E-state index is 14.4. The number of aromatic amines is 1. The average molecular weight is 917 g/mol. The van der Waals surface area contributed by atoms with E-state index in [1.54, 1.807) is 13.8 Å². The Morgan fingerprint density at radius 2 is 1.53 bits per heavy atom. The summed E-state index contributed by atoms with van der Waals surface area (Å²) in [5.74, 6) is -10.7. The lowest BCUT2D eigenvalue weighted by molar-refractivity contribution is -0.144. The first-order valence-electron chi connectivity index (χ1n) is 20.9. The van der Waals surface area contributed by atoms with Crippen molar-refractivity contribution in [1.29, 1.82) is 0 Å². The highest BCUT2D eigenvalue weighted by Crippen LogP contribution is 2.34. The minimum Gasteiger partial charge on any atom is -0.508 e. The number of carbonyl (C=O) groups excluding carboxylic acids is 9. The Balaban J connectivity index is 1.71. The number of nitrogens with one attached hydrogen (secondary N) is 8. The Hall–Kier alpha value is -5.98. The summed E-state index contributed by atoms with van der Waals surface area (Å²) < 4.78 is 0. The van der Waals surface area contributed by atoms with Crippen molar-refractivity contribution < 1.29 is 63.6 Å². The van der Waals surface area contributed by atoms with E-state index >= 15 is 0 Å². The molecule has 4 heterocycles. The molecule has 0 radical (unpaired) electrons. The van der Waals surface area contributed by atoms with Gasteiger partial charge in [-0.25, -0.2) is 0 Å². The molecule has 1 saturated heterocycles. The van der Waals surface area contributed by atoms with Crippen molar-refractivity contribution in [3.05, 3.63) is 23.8 Å². The third-order valence-corrected chi connectivity index (χ3v) is 12.8. The van der Waals surface area contributed by atoms with E-state index in [1.807, 2.05) is 0 Å². The zero-order valence-corrected chi connectivity index (χ0v) is 36.3. The molecule has 0 spiro atoms. The number of phenols is 1. The monoisotopic (exact) mass is 916 g/mol. The van der Waals surface area contributed by atoms with Crippen molar-refractivity contribution in [3.8, 4) is 5.75 Å². The van der Waals surface area contributed by atoms with Crippen molar-refractivity contribution in [2.45, 2.75) is 106 Å². The molecule has 0 unspecified atom stereocenters. The van der Waals surface area contributed by atoms with E-state index < -0.39 is 146 Å². The number of rotatable bonds is 8. The smallest absolute Gasteiger partial charge is 0.246 e. The molecule has 2 aromatic rings. The Kier molecular flexibility index (Phi) is 16.6. The third kappa shape index (κ3) is 11.8. The highest BCUT2D eigenvalue weighted by atomic mass is 32.2. The minimum atomic E-state index is -1.75. The highest BCUT2D eigenvalue weighted by molar-refractivity contribution is 7.99. The number of aromatic hydroxyl groups is 1. The average Bonchev–Trinajstić information content (AvgIpc) is 3.82. The van der Waals surface area contributed by atoms with E-state index in [4.69, 9.17) is 5.73 Å². The number of primary amides is 1. The van der Waals surface area contributed by atoms with Gasteiger partial charge < -0.3 is 73.3 Å². The second-order valence-corrected chi connectivity index (χ2v) is 17.2. The quantitative estimate of drug-likeness (QED) is 0.119. The number of phenolic OH excluding ortho intramolecular Hbond substituents is 1. The van der Waals surface area contributed by atoms with Gasteiger partial charge >= 0.3 is 0 Å². The second kappa shape index (κ2) is 21.6. The van der Waals surface area contributed by atoms with E-state index in [1.165, 1.54) is 25.1 Å². The number of aromatic nitrogens is 1. The summed E-state index contributed by atoms with van der Waals surface area (Å²) in [7, 11) is 0. The molecule has 2 bridgehead atoms. The predicted molar refractivity (Wildman–Crippen MR) is 226 cm³/mol. The number of aliphatic hydroxyl groups is 3. The molecule has 1 fully saturated rings. The van der Waals surface area contributed by atoms with Crippen LogP contribution in [0.2, 0.25) is 0 Å². The SMILES string of the molecule is CCC(CC)[C@@H]1NC(=O)CNC(=O)[C@@H]2Cc3c([nH]c4ccc(O)cc34)SC[C@H](NC(=O)CNC1=O)C(=O)N[C@@H](CC(N)=O)C(=O)N1C[C@H](O)C[C@H]1C(=O)N[C@@H]([C@@H](C)[C@@H](O)CO)C(=O)N2. The van der Waals surface area contributed by atoms with Crippen LogP contribution in [0.15, 0.2) is 23.2 Å². The normalized spacial score (nSPS) is 26.9. The van der Waals surface area contributed by atoms with Gasteiger partial charge in [-0.2, -0.15) is 0 Å².